The lowest BCUT2D eigenvalue weighted by Crippen LogP contribution is -2.33. The van der Waals surface area contributed by atoms with E-state index in [9.17, 15) is 0 Å². The van der Waals surface area contributed by atoms with Crippen LogP contribution in [0.4, 0.5) is 0 Å². The van der Waals surface area contributed by atoms with Crippen LogP contribution in [0, 0.1) is 11.3 Å². The summed E-state index contributed by atoms with van der Waals surface area (Å²) in [4.78, 5) is 7.92. The first-order chi connectivity index (χ1) is 7.78. The molecule has 2 rings (SSSR count). The third kappa shape index (κ3) is 2.67. The lowest BCUT2D eigenvalue weighted by Gasteiger charge is -2.26. The van der Waals surface area contributed by atoms with Crippen LogP contribution in [0.3, 0.4) is 0 Å². The van der Waals surface area contributed by atoms with Gasteiger partial charge in [-0.15, -0.1) is 0 Å². The maximum absolute atomic E-state index is 8.57. The van der Waals surface area contributed by atoms with Crippen LogP contribution >= 0.6 is 0 Å². The summed E-state index contributed by atoms with van der Waals surface area (Å²) in [6.45, 7) is 0. The molecule has 0 bridgehead atoms. The molecule has 2 unspecified atom stereocenters. The molecule has 0 radical (unpaired) electrons. The third-order valence-corrected chi connectivity index (χ3v) is 2.70. The van der Waals surface area contributed by atoms with Crippen molar-refractivity contribution in [1.29, 1.82) is 5.26 Å². The zero-order valence-corrected chi connectivity index (χ0v) is 8.97. The molecule has 0 aliphatic heterocycles. The summed E-state index contributed by atoms with van der Waals surface area (Å²) in [6, 6.07) is 2.14. The smallest absolute Gasteiger partial charge is 0.232 e. The molecule has 1 aliphatic carbocycles. The second-order valence-corrected chi connectivity index (χ2v) is 4.02. The van der Waals surface area contributed by atoms with E-state index in [2.05, 4.69) is 9.97 Å². The zero-order chi connectivity index (χ0) is 11.4. The van der Waals surface area contributed by atoms with Crippen molar-refractivity contribution in [2.24, 2.45) is 5.73 Å². The van der Waals surface area contributed by atoms with E-state index in [1.165, 1.54) is 12.4 Å². The summed E-state index contributed by atoms with van der Waals surface area (Å²) in [6.07, 6.45) is 7.06. The number of rotatable bonds is 2. The highest BCUT2D eigenvalue weighted by molar-refractivity contribution is 5.18. The van der Waals surface area contributed by atoms with Crippen molar-refractivity contribution in [2.45, 2.75) is 37.8 Å². The van der Waals surface area contributed by atoms with E-state index in [1.54, 1.807) is 0 Å². The van der Waals surface area contributed by atoms with Gasteiger partial charge in [-0.2, -0.15) is 5.26 Å². The minimum Gasteiger partial charge on any atom is -0.473 e. The van der Waals surface area contributed by atoms with Crippen LogP contribution in [-0.2, 0) is 0 Å². The Morgan fingerprint density at radius 2 is 2.25 bits per heavy atom. The monoisotopic (exact) mass is 218 g/mol. The number of nitrogens with two attached hydrogens (primary N) is 1. The fourth-order valence-corrected chi connectivity index (χ4v) is 1.89. The van der Waals surface area contributed by atoms with Crippen molar-refractivity contribution >= 4 is 0 Å². The van der Waals surface area contributed by atoms with Crippen LogP contribution in [-0.4, -0.2) is 22.1 Å². The zero-order valence-electron chi connectivity index (χ0n) is 8.97. The third-order valence-electron chi connectivity index (χ3n) is 2.70. The Morgan fingerprint density at radius 3 is 2.88 bits per heavy atom. The number of ether oxygens (including phenoxy) is 1. The minimum absolute atomic E-state index is 0.131. The highest BCUT2D eigenvalue weighted by atomic mass is 16.5. The molecule has 1 saturated carbocycles. The maximum Gasteiger partial charge on any atom is 0.232 e. The molecule has 84 valence electrons. The van der Waals surface area contributed by atoms with Gasteiger partial charge in [0.2, 0.25) is 5.88 Å². The van der Waals surface area contributed by atoms with Crippen molar-refractivity contribution in [3.63, 3.8) is 0 Å². The summed E-state index contributed by atoms with van der Waals surface area (Å²) in [5, 5.41) is 8.57. The molecule has 5 nitrogen and oxygen atoms in total. The molecule has 16 heavy (non-hydrogen) atoms. The standard InChI is InChI=1S/C11H14N4O/c12-5-9-6-15-11(7-14-9)16-10-3-1-2-8(13)4-10/h6-8,10H,1-4,13H2. The topological polar surface area (TPSA) is 84.8 Å². The largest absolute Gasteiger partial charge is 0.473 e. The van der Waals surface area contributed by atoms with Crippen molar-refractivity contribution in [3.8, 4) is 11.9 Å². The van der Waals surface area contributed by atoms with Crippen LogP contribution in [0.15, 0.2) is 12.4 Å². The van der Waals surface area contributed by atoms with E-state index in [4.69, 9.17) is 15.7 Å². The van der Waals surface area contributed by atoms with Gasteiger partial charge in [-0.3, -0.25) is 0 Å². The average molecular weight is 218 g/mol. The molecule has 0 saturated heterocycles. The molecule has 1 fully saturated rings. The van der Waals surface area contributed by atoms with Crippen LogP contribution in [0.5, 0.6) is 5.88 Å². The van der Waals surface area contributed by atoms with E-state index in [0.717, 1.165) is 25.7 Å². The predicted molar refractivity (Wildman–Crippen MR) is 57.6 cm³/mol. The Kier molecular flexibility index (Phi) is 3.32. The molecular weight excluding hydrogens is 204 g/mol. The molecule has 1 heterocycles. The van der Waals surface area contributed by atoms with Crippen LogP contribution in [0.25, 0.3) is 0 Å². The molecule has 2 atom stereocenters. The van der Waals surface area contributed by atoms with Crippen LogP contribution in [0.2, 0.25) is 0 Å². The first-order valence-corrected chi connectivity index (χ1v) is 5.42. The van der Waals surface area contributed by atoms with E-state index in [-0.39, 0.29) is 12.1 Å². The van der Waals surface area contributed by atoms with Gasteiger partial charge in [0.1, 0.15) is 12.2 Å². The van der Waals surface area contributed by atoms with E-state index >= 15 is 0 Å². The first-order valence-electron chi connectivity index (χ1n) is 5.42. The van der Waals surface area contributed by atoms with Gasteiger partial charge in [0.25, 0.3) is 0 Å². The van der Waals surface area contributed by atoms with Gasteiger partial charge in [0.05, 0.1) is 12.4 Å². The van der Waals surface area contributed by atoms with Gasteiger partial charge in [0, 0.05) is 6.04 Å². The summed E-state index contributed by atoms with van der Waals surface area (Å²) >= 11 is 0. The molecule has 5 heteroatoms. The van der Waals surface area contributed by atoms with Crippen molar-refractivity contribution in [3.05, 3.63) is 18.1 Å². The molecule has 0 spiro atoms. The Balaban J connectivity index is 1.95. The quantitative estimate of drug-likeness (QED) is 0.800. The Labute approximate surface area is 94.3 Å². The molecule has 0 amide bonds. The second kappa shape index (κ2) is 4.90. The second-order valence-electron chi connectivity index (χ2n) is 4.02. The van der Waals surface area contributed by atoms with E-state index < -0.39 is 0 Å². The molecule has 0 aromatic carbocycles. The van der Waals surface area contributed by atoms with Crippen molar-refractivity contribution in [1.82, 2.24) is 9.97 Å². The number of nitriles is 1. The van der Waals surface area contributed by atoms with Gasteiger partial charge in [-0.1, -0.05) is 0 Å². The number of aromatic nitrogens is 2. The van der Waals surface area contributed by atoms with Crippen molar-refractivity contribution in [2.75, 3.05) is 0 Å². The lowest BCUT2D eigenvalue weighted by molar-refractivity contribution is 0.138. The van der Waals surface area contributed by atoms with Gasteiger partial charge in [0.15, 0.2) is 5.69 Å². The maximum atomic E-state index is 8.57. The molecule has 1 aromatic heterocycles. The first kappa shape index (κ1) is 10.8. The average Bonchev–Trinajstić information content (AvgIpc) is 2.30. The van der Waals surface area contributed by atoms with Crippen molar-refractivity contribution < 1.29 is 4.74 Å². The molecule has 1 aromatic rings. The fraction of sp³-hybridized carbons (Fsp3) is 0.545. The van der Waals surface area contributed by atoms with Gasteiger partial charge in [-0.05, 0) is 25.7 Å². The number of hydrogen-bond donors (Lipinski definition) is 1. The molecule has 1 aliphatic rings. The van der Waals surface area contributed by atoms with Gasteiger partial charge >= 0.3 is 0 Å². The lowest BCUT2D eigenvalue weighted by atomic mass is 9.94. The summed E-state index contributed by atoms with van der Waals surface area (Å²) < 4.78 is 5.66. The number of hydrogen-bond acceptors (Lipinski definition) is 5. The normalized spacial score (nSPS) is 24.8. The Morgan fingerprint density at radius 1 is 1.38 bits per heavy atom. The van der Waals surface area contributed by atoms with E-state index in [0.29, 0.717) is 11.6 Å². The summed E-state index contributed by atoms with van der Waals surface area (Å²) in [7, 11) is 0. The SMILES string of the molecule is N#Cc1cnc(OC2CCCC(N)C2)cn1. The number of nitrogens with zero attached hydrogens (tertiary/aromatic N) is 3. The summed E-state index contributed by atoms with van der Waals surface area (Å²) in [5.74, 6) is 0.470. The molecule has 2 N–H and O–H groups in total. The highest BCUT2D eigenvalue weighted by Crippen LogP contribution is 2.21. The predicted octanol–water partition coefficient (Wildman–Crippen LogP) is 0.997. The fourth-order valence-electron chi connectivity index (χ4n) is 1.89. The summed E-state index contributed by atoms with van der Waals surface area (Å²) in [5.41, 5.74) is 6.16. The minimum atomic E-state index is 0.131. The Hall–Kier alpha value is -1.67. The van der Waals surface area contributed by atoms with Gasteiger partial charge in [-0.25, -0.2) is 9.97 Å². The molecular formula is C11H14N4O. The van der Waals surface area contributed by atoms with E-state index in [1.807, 2.05) is 6.07 Å². The highest BCUT2D eigenvalue weighted by Gasteiger charge is 2.20. The van der Waals surface area contributed by atoms with Crippen LogP contribution < -0.4 is 10.5 Å². The Bertz CT molecular complexity index is 384. The van der Waals surface area contributed by atoms with Gasteiger partial charge < -0.3 is 10.5 Å². The van der Waals surface area contributed by atoms with Crippen LogP contribution in [0.1, 0.15) is 31.4 Å².